The number of aromatic amines is 1. The van der Waals surface area contributed by atoms with Gasteiger partial charge in [-0.15, -0.1) is 13.2 Å². The van der Waals surface area contributed by atoms with Crippen molar-refractivity contribution in [2.75, 3.05) is 0 Å². The van der Waals surface area contributed by atoms with E-state index < -0.39 is 6.36 Å². The molecule has 8 heteroatoms. The Morgan fingerprint density at radius 1 is 1.00 bits per heavy atom. The first kappa shape index (κ1) is 20.0. The second-order valence-corrected chi connectivity index (χ2v) is 7.12. The summed E-state index contributed by atoms with van der Waals surface area (Å²) in [6.45, 7) is 1.88. The fraction of sp³-hybridized carbons (Fsp3) is 0.273. The van der Waals surface area contributed by atoms with Crippen molar-refractivity contribution in [3.05, 3.63) is 69.8 Å². The smallest absolute Gasteiger partial charge is 0.439 e. The molecule has 0 saturated carbocycles. The summed E-state index contributed by atoms with van der Waals surface area (Å²) in [5.74, 6) is 0.239. The van der Waals surface area contributed by atoms with Crippen LogP contribution in [-0.4, -0.2) is 16.3 Å². The molecule has 5 nitrogen and oxygen atoms in total. The summed E-state index contributed by atoms with van der Waals surface area (Å²) in [7, 11) is 0. The molecule has 3 aromatic rings. The number of rotatable bonds is 4. The average Bonchev–Trinajstić information content (AvgIpc) is 2.70. The van der Waals surface area contributed by atoms with Crippen molar-refractivity contribution in [3.8, 4) is 28.5 Å². The molecular weight excluding hydrogens is 397 g/mol. The lowest BCUT2D eigenvalue weighted by molar-refractivity contribution is -0.274. The number of hydrogen-bond acceptors (Lipinski definition) is 4. The molecule has 1 aliphatic carbocycles. The van der Waals surface area contributed by atoms with Crippen LogP contribution in [0.1, 0.15) is 29.8 Å². The number of halogens is 3. The standard InChI is InChI=1S/C22H19F3N2O3/c1-13-20(21(28)17-4-2-3-5-18(17)27-13)14-6-11-19(26-12-14)29-15-7-9-16(10-8-15)30-22(23,24)25/h6-12H,2-5H2,1H3,(H,27,28). The normalized spacial score (nSPS) is 13.6. The van der Waals surface area contributed by atoms with Crippen molar-refractivity contribution >= 4 is 0 Å². The zero-order chi connectivity index (χ0) is 21.3. The van der Waals surface area contributed by atoms with Crippen LogP contribution in [0.5, 0.6) is 17.4 Å². The topological polar surface area (TPSA) is 64.2 Å². The Labute approximate surface area is 170 Å². The Kier molecular flexibility index (Phi) is 5.24. The van der Waals surface area contributed by atoms with Gasteiger partial charge < -0.3 is 14.5 Å². The van der Waals surface area contributed by atoms with E-state index >= 15 is 0 Å². The van der Waals surface area contributed by atoms with Crippen LogP contribution in [0.25, 0.3) is 11.1 Å². The van der Waals surface area contributed by atoms with E-state index in [4.69, 9.17) is 4.74 Å². The van der Waals surface area contributed by atoms with E-state index in [-0.39, 0.29) is 17.1 Å². The maximum Gasteiger partial charge on any atom is 0.573 e. The van der Waals surface area contributed by atoms with Gasteiger partial charge in [0.15, 0.2) is 5.43 Å². The fourth-order valence-electron chi connectivity index (χ4n) is 3.67. The first-order valence-corrected chi connectivity index (χ1v) is 9.55. The summed E-state index contributed by atoms with van der Waals surface area (Å²) in [5, 5.41) is 0. The van der Waals surface area contributed by atoms with Gasteiger partial charge in [0.2, 0.25) is 5.88 Å². The minimum Gasteiger partial charge on any atom is -0.439 e. The molecule has 30 heavy (non-hydrogen) atoms. The van der Waals surface area contributed by atoms with E-state index in [0.29, 0.717) is 16.9 Å². The number of aryl methyl sites for hydroxylation is 2. The number of alkyl halides is 3. The second kappa shape index (κ2) is 7.85. The lowest BCUT2D eigenvalue weighted by Gasteiger charge is -2.18. The van der Waals surface area contributed by atoms with E-state index in [9.17, 15) is 18.0 Å². The number of pyridine rings is 2. The Hall–Kier alpha value is -3.29. The number of aromatic nitrogens is 2. The van der Waals surface area contributed by atoms with Crippen LogP contribution in [0.3, 0.4) is 0 Å². The van der Waals surface area contributed by atoms with Crippen LogP contribution >= 0.6 is 0 Å². The monoisotopic (exact) mass is 416 g/mol. The maximum atomic E-state index is 13.0. The number of H-pyrrole nitrogens is 1. The number of ether oxygens (including phenoxy) is 2. The van der Waals surface area contributed by atoms with Gasteiger partial charge in [0, 0.05) is 40.3 Å². The van der Waals surface area contributed by atoms with Gasteiger partial charge in [0.25, 0.3) is 0 Å². The van der Waals surface area contributed by atoms with Gasteiger partial charge in [0.1, 0.15) is 11.5 Å². The third kappa shape index (κ3) is 4.32. The quantitative estimate of drug-likeness (QED) is 0.626. The van der Waals surface area contributed by atoms with Crippen molar-refractivity contribution in [2.24, 2.45) is 0 Å². The molecule has 0 spiro atoms. The third-order valence-electron chi connectivity index (χ3n) is 4.99. The molecule has 0 aliphatic heterocycles. The highest BCUT2D eigenvalue weighted by atomic mass is 19.4. The highest BCUT2D eigenvalue weighted by molar-refractivity contribution is 5.66. The third-order valence-corrected chi connectivity index (χ3v) is 4.99. The lowest BCUT2D eigenvalue weighted by Crippen LogP contribution is -2.21. The summed E-state index contributed by atoms with van der Waals surface area (Å²) in [5.41, 5.74) is 4.00. The van der Waals surface area contributed by atoms with E-state index in [1.165, 1.54) is 12.1 Å². The van der Waals surface area contributed by atoms with E-state index in [0.717, 1.165) is 54.8 Å². The highest BCUT2D eigenvalue weighted by Crippen LogP contribution is 2.28. The molecule has 1 N–H and O–H groups in total. The van der Waals surface area contributed by atoms with Crippen molar-refractivity contribution in [2.45, 2.75) is 39.0 Å². The summed E-state index contributed by atoms with van der Waals surface area (Å²) in [4.78, 5) is 20.6. The molecule has 0 amide bonds. The SMILES string of the molecule is Cc1[nH]c2c(c(=O)c1-c1ccc(Oc3ccc(OC(F)(F)F)cc3)nc1)CCCC2. The lowest BCUT2D eigenvalue weighted by atomic mass is 9.92. The first-order chi connectivity index (χ1) is 14.3. The molecule has 0 radical (unpaired) electrons. The number of nitrogens with one attached hydrogen (secondary N) is 1. The van der Waals surface area contributed by atoms with Gasteiger partial charge in [-0.1, -0.05) is 0 Å². The molecule has 1 aliphatic rings. The number of benzene rings is 1. The molecule has 2 aromatic heterocycles. The van der Waals surface area contributed by atoms with Crippen LogP contribution in [0.2, 0.25) is 0 Å². The summed E-state index contributed by atoms with van der Waals surface area (Å²) in [6, 6.07) is 8.40. The van der Waals surface area contributed by atoms with Gasteiger partial charge in [-0.05, 0) is 62.9 Å². The molecule has 1 aromatic carbocycles. The first-order valence-electron chi connectivity index (χ1n) is 9.55. The van der Waals surface area contributed by atoms with Crippen LogP contribution < -0.4 is 14.9 Å². The second-order valence-electron chi connectivity index (χ2n) is 7.12. The van der Waals surface area contributed by atoms with Crippen molar-refractivity contribution in [3.63, 3.8) is 0 Å². The minimum atomic E-state index is -4.74. The zero-order valence-electron chi connectivity index (χ0n) is 16.2. The van der Waals surface area contributed by atoms with Crippen LogP contribution in [0.4, 0.5) is 13.2 Å². The van der Waals surface area contributed by atoms with Gasteiger partial charge in [-0.3, -0.25) is 4.79 Å². The van der Waals surface area contributed by atoms with Gasteiger partial charge in [-0.2, -0.15) is 0 Å². The van der Waals surface area contributed by atoms with E-state index in [2.05, 4.69) is 14.7 Å². The van der Waals surface area contributed by atoms with Crippen molar-refractivity contribution in [1.82, 2.24) is 9.97 Å². The van der Waals surface area contributed by atoms with Gasteiger partial charge in [-0.25, -0.2) is 4.98 Å². The molecule has 0 fully saturated rings. The molecule has 4 rings (SSSR count). The van der Waals surface area contributed by atoms with E-state index in [1.54, 1.807) is 18.3 Å². The molecule has 2 heterocycles. The van der Waals surface area contributed by atoms with Crippen LogP contribution in [0.15, 0.2) is 47.4 Å². The Morgan fingerprint density at radius 3 is 2.37 bits per heavy atom. The molecule has 156 valence electrons. The summed E-state index contributed by atoms with van der Waals surface area (Å²) in [6.07, 6.45) is 0.578. The number of hydrogen-bond donors (Lipinski definition) is 1. The molecule has 0 unspecified atom stereocenters. The predicted molar refractivity (Wildman–Crippen MR) is 105 cm³/mol. The number of nitrogens with zero attached hydrogens (tertiary/aromatic N) is 1. The molecule has 0 atom stereocenters. The Morgan fingerprint density at radius 2 is 1.70 bits per heavy atom. The van der Waals surface area contributed by atoms with Crippen molar-refractivity contribution in [1.29, 1.82) is 0 Å². The van der Waals surface area contributed by atoms with Gasteiger partial charge >= 0.3 is 6.36 Å². The zero-order valence-corrected chi connectivity index (χ0v) is 16.2. The molecule has 0 saturated heterocycles. The largest absolute Gasteiger partial charge is 0.573 e. The van der Waals surface area contributed by atoms with Gasteiger partial charge in [0.05, 0.1) is 0 Å². The summed E-state index contributed by atoms with van der Waals surface area (Å²) >= 11 is 0. The Balaban J connectivity index is 1.53. The van der Waals surface area contributed by atoms with Crippen molar-refractivity contribution < 1.29 is 22.6 Å². The van der Waals surface area contributed by atoms with Crippen LogP contribution in [-0.2, 0) is 12.8 Å². The van der Waals surface area contributed by atoms with Crippen LogP contribution in [0, 0.1) is 6.92 Å². The number of fused-ring (bicyclic) bond motifs is 1. The average molecular weight is 416 g/mol. The maximum absolute atomic E-state index is 13.0. The van der Waals surface area contributed by atoms with E-state index in [1.807, 2.05) is 6.92 Å². The highest BCUT2D eigenvalue weighted by Gasteiger charge is 2.31. The predicted octanol–water partition coefficient (Wildman–Crippen LogP) is 5.32. The fourth-order valence-corrected chi connectivity index (χ4v) is 3.67. The Bertz CT molecular complexity index is 1100. The minimum absolute atomic E-state index is 0.0386. The molecular formula is C22H19F3N2O3. The summed E-state index contributed by atoms with van der Waals surface area (Å²) < 4.78 is 46.1. The molecule has 0 bridgehead atoms.